The average molecular weight is 350 g/mol. The number of para-hydroxylation sites is 1. The molecule has 3 rings (SSSR count). The van der Waals surface area contributed by atoms with Gasteiger partial charge in [-0.15, -0.1) is 0 Å². The molecule has 0 spiro atoms. The zero-order valence-corrected chi connectivity index (χ0v) is 15.0. The topological polar surface area (TPSA) is 71.2 Å². The largest absolute Gasteiger partial charge is 0.452 e. The zero-order chi connectivity index (χ0) is 18.5. The molecular weight excluding hydrogens is 328 g/mol. The summed E-state index contributed by atoms with van der Waals surface area (Å²) in [7, 11) is 0. The van der Waals surface area contributed by atoms with E-state index in [9.17, 15) is 9.59 Å². The number of hydrogen-bond acceptors (Lipinski definition) is 3. The quantitative estimate of drug-likeness (QED) is 0.670. The molecule has 0 aliphatic carbocycles. The highest BCUT2D eigenvalue weighted by Crippen LogP contribution is 2.17. The van der Waals surface area contributed by atoms with Gasteiger partial charge >= 0.3 is 5.97 Å². The van der Waals surface area contributed by atoms with Crippen LogP contribution in [-0.4, -0.2) is 30.0 Å². The van der Waals surface area contributed by atoms with Crippen LogP contribution in [0, 0.1) is 13.8 Å². The number of fused-ring (bicyclic) bond motifs is 1. The minimum Gasteiger partial charge on any atom is -0.452 e. The van der Waals surface area contributed by atoms with Crippen molar-refractivity contribution in [2.75, 3.05) is 13.2 Å². The molecule has 0 fully saturated rings. The number of amides is 1. The van der Waals surface area contributed by atoms with Crippen LogP contribution in [0.25, 0.3) is 10.9 Å². The SMILES string of the molecule is Cc1ccc(C)c(C(=O)OCC(=O)NCCc2c[nH]c3ccccc23)c1. The van der Waals surface area contributed by atoms with Crippen molar-refractivity contribution in [2.24, 2.45) is 0 Å². The second-order valence-electron chi connectivity index (χ2n) is 6.35. The van der Waals surface area contributed by atoms with Gasteiger partial charge in [0.2, 0.25) is 0 Å². The molecule has 1 heterocycles. The number of nitrogens with one attached hydrogen (secondary N) is 2. The number of aromatic nitrogens is 1. The Morgan fingerprint density at radius 2 is 1.92 bits per heavy atom. The molecule has 0 radical (unpaired) electrons. The summed E-state index contributed by atoms with van der Waals surface area (Å²) in [5.41, 5.74) is 4.53. The van der Waals surface area contributed by atoms with Crippen LogP contribution in [0.3, 0.4) is 0 Å². The van der Waals surface area contributed by atoms with E-state index < -0.39 is 5.97 Å². The lowest BCUT2D eigenvalue weighted by Crippen LogP contribution is -2.30. The molecule has 0 unspecified atom stereocenters. The van der Waals surface area contributed by atoms with Crippen LogP contribution in [0.1, 0.15) is 27.0 Å². The van der Waals surface area contributed by atoms with Crippen LogP contribution in [0.5, 0.6) is 0 Å². The Bertz CT molecular complexity index is 943. The molecule has 0 saturated heterocycles. The molecule has 0 bridgehead atoms. The molecule has 0 saturated carbocycles. The summed E-state index contributed by atoms with van der Waals surface area (Å²) in [6.45, 7) is 3.97. The van der Waals surface area contributed by atoms with Crippen molar-refractivity contribution in [1.82, 2.24) is 10.3 Å². The van der Waals surface area contributed by atoms with Gasteiger partial charge in [0.25, 0.3) is 5.91 Å². The fraction of sp³-hybridized carbons (Fsp3) is 0.238. The average Bonchev–Trinajstić information content (AvgIpc) is 3.05. The first-order valence-corrected chi connectivity index (χ1v) is 8.60. The molecule has 1 amide bonds. The first-order valence-electron chi connectivity index (χ1n) is 8.60. The third kappa shape index (κ3) is 4.11. The number of aryl methyl sites for hydroxylation is 2. The monoisotopic (exact) mass is 350 g/mol. The Morgan fingerprint density at radius 3 is 2.77 bits per heavy atom. The number of aromatic amines is 1. The van der Waals surface area contributed by atoms with Gasteiger partial charge in [0, 0.05) is 23.6 Å². The van der Waals surface area contributed by atoms with E-state index in [0.29, 0.717) is 18.5 Å². The normalized spacial score (nSPS) is 10.7. The number of benzene rings is 2. The molecule has 26 heavy (non-hydrogen) atoms. The predicted octanol–water partition coefficient (Wildman–Crippen LogP) is 3.30. The first-order chi connectivity index (χ1) is 12.5. The summed E-state index contributed by atoms with van der Waals surface area (Å²) in [4.78, 5) is 27.3. The van der Waals surface area contributed by atoms with Gasteiger partial charge in [-0.1, -0.05) is 35.9 Å². The molecule has 2 N–H and O–H groups in total. The third-order valence-corrected chi connectivity index (χ3v) is 4.34. The highest BCUT2D eigenvalue weighted by atomic mass is 16.5. The van der Waals surface area contributed by atoms with E-state index in [1.165, 1.54) is 0 Å². The van der Waals surface area contributed by atoms with E-state index in [2.05, 4.69) is 16.4 Å². The standard InChI is InChI=1S/C21H22N2O3/c1-14-7-8-15(2)18(11-14)21(25)26-13-20(24)22-10-9-16-12-23-19-6-4-3-5-17(16)19/h3-8,11-12,23H,9-10,13H2,1-2H3,(H,22,24). The maximum Gasteiger partial charge on any atom is 0.338 e. The Hall–Kier alpha value is -3.08. The van der Waals surface area contributed by atoms with Crippen molar-refractivity contribution in [1.29, 1.82) is 0 Å². The number of hydrogen-bond donors (Lipinski definition) is 2. The van der Waals surface area contributed by atoms with E-state index in [0.717, 1.165) is 27.6 Å². The first kappa shape index (κ1) is 17.7. The van der Waals surface area contributed by atoms with Crippen molar-refractivity contribution in [2.45, 2.75) is 20.3 Å². The lowest BCUT2D eigenvalue weighted by molar-refractivity contribution is -0.124. The number of ether oxygens (including phenoxy) is 1. The van der Waals surface area contributed by atoms with Crippen molar-refractivity contribution < 1.29 is 14.3 Å². The predicted molar refractivity (Wildman–Crippen MR) is 101 cm³/mol. The van der Waals surface area contributed by atoms with E-state index in [1.54, 1.807) is 6.07 Å². The summed E-state index contributed by atoms with van der Waals surface area (Å²) < 4.78 is 5.13. The maximum absolute atomic E-state index is 12.1. The van der Waals surface area contributed by atoms with Gasteiger partial charge in [0.05, 0.1) is 5.56 Å². The van der Waals surface area contributed by atoms with E-state index in [1.807, 2.05) is 50.4 Å². The van der Waals surface area contributed by atoms with Crippen LogP contribution in [0.2, 0.25) is 0 Å². The molecule has 134 valence electrons. The fourth-order valence-electron chi connectivity index (χ4n) is 2.89. The summed E-state index contributed by atoms with van der Waals surface area (Å²) in [6, 6.07) is 13.6. The molecule has 5 nitrogen and oxygen atoms in total. The lowest BCUT2D eigenvalue weighted by Gasteiger charge is -2.08. The molecular formula is C21H22N2O3. The maximum atomic E-state index is 12.1. The van der Waals surface area contributed by atoms with Crippen molar-refractivity contribution >= 4 is 22.8 Å². The number of rotatable bonds is 6. The Balaban J connectivity index is 1.47. The molecule has 3 aromatic rings. The van der Waals surface area contributed by atoms with Gasteiger partial charge in [-0.25, -0.2) is 4.79 Å². The number of carbonyl (C=O) groups excluding carboxylic acids is 2. The Kier molecular flexibility index (Phi) is 5.37. The number of H-pyrrole nitrogens is 1. The van der Waals surface area contributed by atoms with Gasteiger partial charge in [-0.05, 0) is 43.5 Å². The summed E-state index contributed by atoms with van der Waals surface area (Å²) in [6.07, 6.45) is 2.66. The zero-order valence-electron chi connectivity index (χ0n) is 15.0. The minimum atomic E-state index is -0.474. The fourth-order valence-corrected chi connectivity index (χ4v) is 2.89. The number of esters is 1. The van der Waals surface area contributed by atoms with Gasteiger partial charge in [-0.2, -0.15) is 0 Å². The van der Waals surface area contributed by atoms with Crippen LogP contribution < -0.4 is 5.32 Å². The Labute approximate surface area is 152 Å². The van der Waals surface area contributed by atoms with Crippen molar-refractivity contribution in [3.05, 3.63) is 70.9 Å². The van der Waals surface area contributed by atoms with E-state index >= 15 is 0 Å². The summed E-state index contributed by atoms with van der Waals surface area (Å²) in [5.74, 6) is -0.776. The number of carbonyl (C=O) groups is 2. The van der Waals surface area contributed by atoms with Gasteiger partial charge in [0.1, 0.15) is 0 Å². The van der Waals surface area contributed by atoms with Crippen molar-refractivity contribution in [3.63, 3.8) is 0 Å². The second kappa shape index (κ2) is 7.87. The third-order valence-electron chi connectivity index (χ3n) is 4.34. The smallest absolute Gasteiger partial charge is 0.338 e. The summed E-state index contributed by atoms with van der Waals surface area (Å²) in [5, 5.41) is 3.94. The van der Waals surface area contributed by atoms with Gasteiger partial charge in [-0.3, -0.25) is 4.79 Å². The van der Waals surface area contributed by atoms with Crippen LogP contribution in [0.15, 0.2) is 48.7 Å². The van der Waals surface area contributed by atoms with Gasteiger partial charge < -0.3 is 15.0 Å². The van der Waals surface area contributed by atoms with E-state index in [-0.39, 0.29) is 12.5 Å². The van der Waals surface area contributed by atoms with Gasteiger partial charge in [0.15, 0.2) is 6.61 Å². The molecule has 0 atom stereocenters. The lowest BCUT2D eigenvalue weighted by atomic mass is 10.1. The molecule has 5 heteroatoms. The summed E-state index contributed by atoms with van der Waals surface area (Å²) >= 11 is 0. The van der Waals surface area contributed by atoms with Crippen LogP contribution in [-0.2, 0) is 16.0 Å². The molecule has 0 aliphatic rings. The second-order valence-corrected chi connectivity index (χ2v) is 6.35. The molecule has 2 aromatic carbocycles. The Morgan fingerprint density at radius 1 is 1.12 bits per heavy atom. The molecule has 1 aromatic heterocycles. The highest BCUT2D eigenvalue weighted by molar-refractivity contribution is 5.92. The van der Waals surface area contributed by atoms with Crippen LogP contribution >= 0.6 is 0 Å². The van der Waals surface area contributed by atoms with Crippen molar-refractivity contribution in [3.8, 4) is 0 Å². The van der Waals surface area contributed by atoms with E-state index in [4.69, 9.17) is 4.74 Å². The minimum absolute atomic E-state index is 0.278. The highest BCUT2D eigenvalue weighted by Gasteiger charge is 2.13. The molecule has 0 aliphatic heterocycles. The van der Waals surface area contributed by atoms with Crippen LogP contribution in [0.4, 0.5) is 0 Å².